The second kappa shape index (κ2) is 2.63. The molecule has 0 spiro atoms. The highest BCUT2D eigenvalue weighted by Crippen LogP contribution is 1.87. The van der Waals surface area contributed by atoms with E-state index in [2.05, 4.69) is 12.2 Å². The third-order valence-electron chi connectivity index (χ3n) is 0.166. The first-order chi connectivity index (χ1) is 2.27. The van der Waals surface area contributed by atoms with Gasteiger partial charge in [-0.05, 0) is 18.9 Å². The summed E-state index contributed by atoms with van der Waals surface area (Å²) >= 11 is 5.65. The van der Waals surface area contributed by atoms with E-state index in [-0.39, 0.29) is 0 Å². The van der Waals surface area contributed by atoms with Gasteiger partial charge >= 0.3 is 0 Å². The van der Waals surface area contributed by atoms with Crippen molar-refractivity contribution in [2.24, 2.45) is 5.14 Å². The van der Waals surface area contributed by atoms with Crippen LogP contribution in [0.15, 0.2) is 0 Å². The first-order valence-electron chi connectivity index (χ1n) is 1.14. The van der Waals surface area contributed by atoms with Crippen molar-refractivity contribution in [3.8, 4) is 0 Å². The summed E-state index contributed by atoms with van der Waals surface area (Å²) in [6.07, 6.45) is 0. The van der Waals surface area contributed by atoms with Crippen LogP contribution in [-0.2, 0) is 0 Å². The second-order valence-electron chi connectivity index (χ2n) is 0.609. The quantitative estimate of drug-likeness (QED) is 0.368. The van der Waals surface area contributed by atoms with E-state index in [9.17, 15) is 0 Å². The molecule has 2 N–H and O–H groups in total. The van der Waals surface area contributed by atoms with Gasteiger partial charge in [-0.1, -0.05) is 12.2 Å². The molecule has 0 rings (SSSR count). The molecule has 30 valence electrons. The van der Waals surface area contributed by atoms with E-state index in [1.165, 1.54) is 0 Å². The maximum absolute atomic E-state index is 4.95. The molecular weight excluding hydrogens is 102 g/mol. The number of hydrogen-bond acceptors (Lipinski definition) is 3. The Morgan fingerprint density at radius 3 is 2.20 bits per heavy atom. The molecule has 5 heavy (non-hydrogen) atoms. The first kappa shape index (κ1) is 5.40. The topological polar surface area (TPSA) is 26.0 Å². The standard InChI is InChI=1S/C2H5NS2/c1-2(4)5-3/h3H2,1H3. The summed E-state index contributed by atoms with van der Waals surface area (Å²) in [5, 5.41) is 4.95. The van der Waals surface area contributed by atoms with Gasteiger partial charge in [0.25, 0.3) is 0 Å². The lowest BCUT2D eigenvalue weighted by atomic mass is 11.0. The molecule has 0 aromatic rings. The van der Waals surface area contributed by atoms with Crippen molar-refractivity contribution in [2.75, 3.05) is 0 Å². The van der Waals surface area contributed by atoms with Crippen LogP contribution >= 0.6 is 24.2 Å². The van der Waals surface area contributed by atoms with E-state index in [1.807, 2.05) is 0 Å². The summed E-state index contributed by atoms with van der Waals surface area (Å²) < 4.78 is 0.782. The third-order valence-corrected chi connectivity index (χ3v) is 0.787. The Labute approximate surface area is 41.1 Å². The van der Waals surface area contributed by atoms with Gasteiger partial charge in [0, 0.05) is 0 Å². The van der Waals surface area contributed by atoms with E-state index < -0.39 is 0 Å². The van der Waals surface area contributed by atoms with Gasteiger partial charge in [-0.2, -0.15) is 0 Å². The Kier molecular flexibility index (Phi) is 2.84. The molecule has 0 saturated heterocycles. The van der Waals surface area contributed by atoms with Crippen LogP contribution in [0.2, 0.25) is 0 Å². The van der Waals surface area contributed by atoms with Crippen LogP contribution in [-0.4, -0.2) is 4.20 Å². The Morgan fingerprint density at radius 2 is 2.20 bits per heavy atom. The SMILES string of the molecule is CC(=S)SN. The maximum atomic E-state index is 4.95. The Balaban J connectivity index is 2.85. The predicted octanol–water partition coefficient (Wildman–Crippen LogP) is 0.941. The number of nitrogens with two attached hydrogens (primary N) is 1. The zero-order chi connectivity index (χ0) is 4.28. The highest BCUT2D eigenvalue weighted by Gasteiger charge is 1.72. The summed E-state index contributed by atoms with van der Waals surface area (Å²) in [5.74, 6) is 0. The lowest BCUT2D eigenvalue weighted by molar-refractivity contribution is 2.03. The highest BCUT2D eigenvalue weighted by molar-refractivity contribution is 8.21. The molecule has 0 bridgehead atoms. The molecule has 0 aliphatic carbocycles. The minimum Gasteiger partial charge on any atom is -0.273 e. The highest BCUT2D eigenvalue weighted by atomic mass is 32.2. The fraction of sp³-hybridized carbons (Fsp3) is 0.500. The Hall–Kier alpha value is 0.400. The van der Waals surface area contributed by atoms with Gasteiger partial charge in [-0.15, -0.1) is 0 Å². The van der Waals surface area contributed by atoms with Crippen LogP contribution < -0.4 is 5.14 Å². The summed E-state index contributed by atoms with van der Waals surface area (Å²) in [7, 11) is 0. The fourth-order valence-electron chi connectivity index (χ4n) is 0. The van der Waals surface area contributed by atoms with Crippen molar-refractivity contribution >= 4 is 28.4 Å². The van der Waals surface area contributed by atoms with E-state index in [4.69, 9.17) is 5.14 Å². The molecule has 0 aliphatic heterocycles. The zero-order valence-electron chi connectivity index (χ0n) is 2.89. The van der Waals surface area contributed by atoms with E-state index >= 15 is 0 Å². The molecule has 0 heterocycles. The maximum Gasteiger partial charge on any atom is 0.0599 e. The van der Waals surface area contributed by atoms with Crippen LogP contribution in [0.25, 0.3) is 0 Å². The van der Waals surface area contributed by atoms with E-state index in [0.717, 1.165) is 16.1 Å². The molecule has 0 amide bonds. The van der Waals surface area contributed by atoms with Crippen LogP contribution in [0.4, 0.5) is 0 Å². The number of hydrogen-bond donors (Lipinski definition) is 1. The molecule has 0 aliphatic rings. The lowest BCUT2D eigenvalue weighted by Crippen LogP contribution is -1.82. The van der Waals surface area contributed by atoms with Crippen molar-refractivity contribution in [1.29, 1.82) is 0 Å². The molecule has 0 aromatic heterocycles. The van der Waals surface area contributed by atoms with Gasteiger partial charge in [-0.25, -0.2) is 0 Å². The average molecular weight is 107 g/mol. The third kappa shape index (κ3) is 4.40. The molecule has 0 unspecified atom stereocenters. The monoisotopic (exact) mass is 107 g/mol. The van der Waals surface area contributed by atoms with E-state index in [0.29, 0.717) is 0 Å². The van der Waals surface area contributed by atoms with Crippen LogP contribution in [0.1, 0.15) is 6.92 Å². The normalized spacial score (nSPS) is 7.60. The van der Waals surface area contributed by atoms with Crippen LogP contribution in [0.5, 0.6) is 0 Å². The van der Waals surface area contributed by atoms with Gasteiger partial charge in [0.2, 0.25) is 0 Å². The molecule has 3 heteroatoms. The summed E-state index contributed by atoms with van der Waals surface area (Å²) in [6.45, 7) is 1.79. The molecular formula is C2H5NS2. The van der Waals surface area contributed by atoms with Gasteiger partial charge in [0.15, 0.2) is 0 Å². The Morgan fingerprint density at radius 1 is 2.00 bits per heavy atom. The first-order valence-corrected chi connectivity index (χ1v) is 2.43. The summed E-state index contributed by atoms with van der Waals surface area (Å²) in [5.41, 5.74) is 0. The molecule has 0 fully saturated rings. The summed E-state index contributed by atoms with van der Waals surface area (Å²) in [6, 6.07) is 0. The Bertz CT molecular complexity index is 42.9. The molecule has 0 aromatic carbocycles. The molecule has 0 radical (unpaired) electrons. The average Bonchev–Trinajstić information content (AvgIpc) is 1.38. The van der Waals surface area contributed by atoms with Crippen molar-refractivity contribution in [1.82, 2.24) is 0 Å². The minimum atomic E-state index is 0.782. The van der Waals surface area contributed by atoms with Gasteiger partial charge in [0.1, 0.15) is 0 Å². The van der Waals surface area contributed by atoms with Crippen molar-refractivity contribution in [2.45, 2.75) is 6.92 Å². The van der Waals surface area contributed by atoms with Crippen LogP contribution in [0, 0.1) is 0 Å². The zero-order valence-corrected chi connectivity index (χ0v) is 4.53. The van der Waals surface area contributed by atoms with Crippen molar-refractivity contribution < 1.29 is 0 Å². The van der Waals surface area contributed by atoms with Crippen LogP contribution in [0.3, 0.4) is 0 Å². The number of thiocarbonyl (C=S) groups is 1. The predicted molar refractivity (Wildman–Crippen MR) is 30.1 cm³/mol. The molecule has 0 saturated carbocycles. The molecule has 0 atom stereocenters. The largest absolute Gasteiger partial charge is 0.273 e. The van der Waals surface area contributed by atoms with Gasteiger partial charge < -0.3 is 0 Å². The number of rotatable bonds is 0. The van der Waals surface area contributed by atoms with Crippen molar-refractivity contribution in [3.63, 3.8) is 0 Å². The molecule has 1 nitrogen and oxygen atoms in total. The van der Waals surface area contributed by atoms with Gasteiger partial charge in [-0.3, -0.25) is 5.14 Å². The fourth-order valence-corrected chi connectivity index (χ4v) is 0. The lowest BCUT2D eigenvalue weighted by Gasteiger charge is -1.76. The van der Waals surface area contributed by atoms with Crippen molar-refractivity contribution in [3.05, 3.63) is 0 Å². The smallest absolute Gasteiger partial charge is 0.0599 e. The summed E-state index contributed by atoms with van der Waals surface area (Å²) in [4.78, 5) is 0. The van der Waals surface area contributed by atoms with E-state index in [1.54, 1.807) is 6.92 Å². The minimum absolute atomic E-state index is 0.782. The second-order valence-corrected chi connectivity index (χ2v) is 2.33. The van der Waals surface area contributed by atoms with Gasteiger partial charge in [0.05, 0.1) is 4.20 Å².